The van der Waals surface area contributed by atoms with Crippen LogP contribution in [0.25, 0.3) is 5.76 Å². The Labute approximate surface area is 187 Å². The highest BCUT2D eigenvalue weighted by molar-refractivity contribution is 6.46. The van der Waals surface area contributed by atoms with Crippen LogP contribution < -0.4 is 9.64 Å². The van der Waals surface area contributed by atoms with E-state index in [1.165, 1.54) is 4.90 Å². The molecule has 8 heteroatoms. The summed E-state index contributed by atoms with van der Waals surface area (Å²) in [4.78, 5) is 33.2. The number of aromatic nitrogens is 1. The first kappa shape index (κ1) is 22.0. The van der Waals surface area contributed by atoms with Gasteiger partial charge < -0.3 is 24.4 Å². The summed E-state index contributed by atoms with van der Waals surface area (Å²) < 4.78 is 10.7. The zero-order chi connectivity index (χ0) is 22.7. The number of hydrogen-bond donors (Lipinski definition) is 2. The molecule has 8 nitrogen and oxygen atoms in total. The average Bonchev–Trinajstić information content (AvgIpc) is 3.08. The SMILES string of the molecule is COc1ccc(C(O)=C2C(=O)C(=O)N(CC[NH+]3CCOCC3)C2c2cccnc2)c(C)c1. The summed E-state index contributed by atoms with van der Waals surface area (Å²) in [5, 5.41) is 11.2. The second-order valence-electron chi connectivity index (χ2n) is 8.07. The van der Waals surface area contributed by atoms with Gasteiger partial charge in [0, 0.05) is 18.0 Å². The topological polar surface area (TPSA) is 93.4 Å². The number of aryl methyl sites for hydroxylation is 1. The Morgan fingerprint density at radius 2 is 2.06 bits per heavy atom. The number of likely N-dealkylation sites (tertiary alicyclic amines) is 1. The van der Waals surface area contributed by atoms with Crippen LogP contribution in [0.1, 0.15) is 22.7 Å². The number of benzene rings is 1. The van der Waals surface area contributed by atoms with E-state index in [4.69, 9.17) is 9.47 Å². The van der Waals surface area contributed by atoms with Crippen LogP contribution in [0.5, 0.6) is 5.75 Å². The van der Waals surface area contributed by atoms with Crippen LogP contribution in [0.15, 0.2) is 48.3 Å². The van der Waals surface area contributed by atoms with Gasteiger partial charge in [0.2, 0.25) is 0 Å². The molecule has 0 aliphatic carbocycles. The first-order valence-electron chi connectivity index (χ1n) is 10.8. The fourth-order valence-corrected chi connectivity index (χ4v) is 4.36. The van der Waals surface area contributed by atoms with Gasteiger partial charge in [0.05, 0.1) is 45.0 Å². The molecule has 168 valence electrons. The van der Waals surface area contributed by atoms with Gasteiger partial charge in [-0.15, -0.1) is 0 Å². The Bertz CT molecular complexity index is 1030. The van der Waals surface area contributed by atoms with Crippen LogP contribution in [-0.2, 0) is 14.3 Å². The molecule has 4 rings (SSSR count). The number of hydrogen-bond acceptors (Lipinski definition) is 6. The minimum atomic E-state index is -0.689. The number of rotatable bonds is 6. The number of aliphatic hydroxyl groups is 1. The fourth-order valence-electron chi connectivity index (χ4n) is 4.36. The maximum Gasteiger partial charge on any atom is 0.295 e. The van der Waals surface area contributed by atoms with E-state index in [2.05, 4.69) is 4.98 Å². The quantitative estimate of drug-likeness (QED) is 0.393. The van der Waals surface area contributed by atoms with Crippen LogP contribution in [0.2, 0.25) is 0 Å². The lowest BCUT2D eigenvalue weighted by Crippen LogP contribution is -3.14. The van der Waals surface area contributed by atoms with E-state index in [9.17, 15) is 14.7 Å². The average molecular weight is 439 g/mol. The number of quaternary nitrogens is 1. The third-order valence-electron chi connectivity index (χ3n) is 6.13. The summed E-state index contributed by atoms with van der Waals surface area (Å²) in [6.45, 7) is 6.05. The van der Waals surface area contributed by atoms with E-state index >= 15 is 0 Å². The number of carbonyl (C=O) groups is 2. The summed E-state index contributed by atoms with van der Waals surface area (Å²) in [6, 6.07) is 8.11. The molecule has 0 saturated carbocycles. The van der Waals surface area contributed by atoms with E-state index in [0.717, 1.165) is 18.7 Å². The molecule has 32 heavy (non-hydrogen) atoms. The normalized spacial score (nSPS) is 21.2. The summed E-state index contributed by atoms with van der Waals surface area (Å²) in [5.74, 6) is -0.807. The van der Waals surface area contributed by atoms with Gasteiger partial charge in [0.15, 0.2) is 0 Å². The molecule has 2 aliphatic rings. The highest BCUT2D eigenvalue weighted by Gasteiger charge is 2.46. The molecule has 2 aliphatic heterocycles. The van der Waals surface area contributed by atoms with Crippen LogP contribution in [0.3, 0.4) is 0 Å². The summed E-state index contributed by atoms with van der Waals surface area (Å²) >= 11 is 0. The molecule has 2 fully saturated rings. The van der Waals surface area contributed by atoms with Crippen molar-refractivity contribution in [2.75, 3.05) is 46.5 Å². The molecule has 3 heterocycles. The number of carbonyl (C=O) groups excluding carboxylic acids is 2. The van der Waals surface area contributed by atoms with E-state index in [-0.39, 0.29) is 11.3 Å². The predicted octanol–water partition coefficient (Wildman–Crippen LogP) is 0.735. The van der Waals surface area contributed by atoms with Crippen molar-refractivity contribution in [2.45, 2.75) is 13.0 Å². The van der Waals surface area contributed by atoms with E-state index in [1.807, 2.05) is 13.0 Å². The van der Waals surface area contributed by atoms with E-state index in [0.29, 0.717) is 43.2 Å². The Morgan fingerprint density at radius 3 is 2.72 bits per heavy atom. The van der Waals surface area contributed by atoms with Crippen molar-refractivity contribution in [1.29, 1.82) is 0 Å². The lowest BCUT2D eigenvalue weighted by atomic mass is 9.94. The zero-order valence-electron chi connectivity index (χ0n) is 18.3. The number of morpholine rings is 1. The van der Waals surface area contributed by atoms with E-state index in [1.54, 1.807) is 48.7 Å². The predicted molar refractivity (Wildman–Crippen MR) is 117 cm³/mol. The smallest absolute Gasteiger partial charge is 0.295 e. The highest BCUT2D eigenvalue weighted by atomic mass is 16.5. The first-order chi connectivity index (χ1) is 15.5. The minimum absolute atomic E-state index is 0.0910. The number of ketones is 1. The van der Waals surface area contributed by atoms with Crippen molar-refractivity contribution < 1.29 is 29.1 Å². The van der Waals surface area contributed by atoms with Gasteiger partial charge in [-0.2, -0.15) is 0 Å². The van der Waals surface area contributed by atoms with E-state index < -0.39 is 17.7 Å². The van der Waals surface area contributed by atoms with Gasteiger partial charge in [-0.1, -0.05) is 6.07 Å². The van der Waals surface area contributed by atoms with Crippen LogP contribution >= 0.6 is 0 Å². The highest BCUT2D eigenvalue weighted by Crippen LogP contribution is 2.39. The maximum atomic E-state index is 13.1. The second kappa shape index (κ2) is 9.50. The number of ether oxygens (including phenoxy) is 2. The molecule has 1 aromatic carbocycles. The minimum Gasteiger partial charge on any atom is -0.507 e. The Hall–Kier alpha value is -3.23. The third-order valence-corrected chi connectivity index (χ3v) is 6.13. The van der Waals surface area contributed by atoms with Gasteiger partial charge in [0.25, 0.3) is 11.7 Å². The van der Waals surface area contributed by atoms with Gasteiger partial charge in [-0.25, -0.2) is 0 Å². The molecule has 0 bridgehead atoms. The molecule has 0 radical (unpaired) electrons. The Balaban J connectivity index is 1.73. The number of nitrogens with one attached hydrogen (secondary N) is 1. The van der Waals surface area contributed by atoms with Crippen LogP contribution in [-0.4, -0.2) is 73.2 Å². The van der Waals surface area contributed by atoms with Crippen molar-refractivity contribution in [1.82, 2.24) is 9.88 Å². The fraction of sp³-hybridized carbons (Fsp3) is 0.375. The number of amides is 1. The molecular formula is C24H28N3O5+. The summed E-state index contributed by atoms with van der Waals surface area (Å²) in [5.41, 5.74) is 2.02. The first-order valence-corrected chi connectivity index (χ1v) is 10.8. The standard InChI is InChI=1S/C24H27N3O5/c1-16-14-18(31-2)5-6-19(16)22(28)20-21(17-4-3-7-25-15-17)27(24(30)23(20)29)9-8-26-10-12-32-13-11-26/h3-7,14-15,21,28H,8-13H2,1-2H3/p+1. The van der Waals surface area contributed by atoms with Crippen molar-refractivity contribution in [3.63, 3.8) is 0 Å². The van der Waals surface area contributed by atoms with Crippen molar-refractivity contribution in [3.05, 3.63) is 65.0 Å². The summed E-state index contributed by atoms with van der Waals surface area (Å²) in [6.07, 6.45) is 3.28. The number of aliphatic hydroxyl groups excluding tert-OH is 1. The third kappa shape index (κ3) is 4.24. The van der Waals surface area contributed by atoms with Gasteiger partial charge in [-0.05, 0) is 42.3 Å². The van der Waals surface area contributed by atoms with Gasteiger partial charge in [0.1, 0.15) is 24.6 Å². The molecule has 1 aromatic heterocycles. The molecule has 0 spiro atoms. The van der Waals surface area contributed by atoms with Crippen molar-refractivity contribution >= 4 is 17.4 Å². The number of nitrogens with zero attached hydrogens (tertiary/aromatic N) is 2. The van der Waals surface area contributed by atoms with Crippen LogP contribution in [0, 0.1) is 6.92 Å². The van der Waals surface area contributed by atoms with Crippen molar-refractivity contribution in [3.8, 4) is 5.75 Å². The Kier molecular flexibility index (Phi) is 6.53. The van der Waals surface area contributed by atoms with Crippen LogP contribution in [0.4, 0.5) is 0 Å². The van der Waals surface area contributed by atoms with Gasteiger partial charge >= 0.3 is 0 Å². The summed E-state index contributed by atoms with van der Waals surface area (Å²) in [7, 11) is 1.57. The van der Waals surface area contributed by atoms with Crippen molar-refractivity contribution in [2.24, 2.45) is 0 Å². The molecule has 1 amide bonds. The second-order valence-corrected chi connectivity index (χ2v) is 8.07. The maximum absolute atomic E-state index is 13.1. The zero-order valence-corrected chi connectivity index (χ0v) is 18.3. The molecule has 1 unspecified atom stereocenters. The largest absolute Gasteiger partial charge is 0.507 e. The molecule has 2 aromatic rings. The number of pyridine rings is 1. The monoisotopic (exact) mass is 438 g/mol. The number of Topliss-reactive ketones (excluding diaryl/α,β-unsaturated/α-hetero) is 1. The molecule has 2 N–H and O–H groups in total. The van der Waals surface area contributed by atoms with Gasteiger partial charge in [-0.3, -0.25) is 14.6 Å². The lowest BCUT2D eigenvalue weighted by molar-refractivity contribution is -0.907. The lowest BCUT2D eigenvalue weighted by Gasteiger charge is -2.29. The molecule has 1 atom stereocenters. The molecule has 2 saturated heterocycles. The molecular weight excluding hydrogens is 410 g/mol. The Morgan fingerprint density at radius 1 is 1.28 bits per heavy atom. The number of methoxy groups -OCH3 is 1.